The maximum atomic E-state index is 12.0. The first-order valence-corrected chi connectivity index (χ1v) is 7.59. The quantitative estimate of drug-likeness (QED) is 0.810. The average Bonchev–Trinajstić information content (AvgIpc) is 2.63. The van der Waals surface area contributed by atoms with Crippen molar-refractivity contribution in [1.82, 2.24) is 19.7 Å². The number of ether oxygens (including phenoxy) is 1. The lowest BCUT2D eigenvalue weighted by molar-refractivity contribution is 0.00769. The third-order valence-electron chi connectivity index (χ3n) is 3.76. The van der Waals surface area contributed by atoms with Crippen LogP contribution in [0.15, 0.2) is 12.1 Å². The Bertz CT molecular complexity index is 729. The maximum absolute atomic E-state index is 12.0. The first-order valence-electron chi connectivity index (χ1n) is 7.21. The zero-order valence-corrected chi connectivity index (χ0v) is 13.9. The number of amides is 1. The predicted octanol–water partition coefficient (Wildman–Crippen LogP) is 2.96. The maximum Gasteiger partial charge on any atom is 0.410 e. The standard InChI is InChI=1S/C15H19ClN4O2/c1-15(2,3)22-14(21)20-7-9(8-20)11-5-10-12(19(11)4)6-13(16)18-17-10/h5-6,9H,7-8H2,1-4H3. The summed E-state index contributed by atoms with van der Waals surface area (Å²) in [5.74, 6) is 0.283. The number of nitrogens with zero attached hydrogens (tertiary/aromatic N) is 4. The van der Waals surface area contributed by atoms with E-state index in [1.165, 1.54) is 0 Å². The molecule has 1 aliphatic heterocycles. The molecule has 0 radical (unpaired) electrons. The number of aromatic nitrogens is 3. The largest absolute Gasteiger partial charge is 0.444 e. The van der Waals surface area contributed by atoms with Gasteiger partial charge in [0, 0.05) is 37.8 Å². The molecule has 0 bridgehead atoms. The molecule has 2 aromatic rings. The minimum absolute atomic E-state index is 0.259. The van der Waals surface area contributed by atoms with Gasteiger partial charge in [0.05, 0.1) is 5.52 Å². The van der Waals surface area contributed by atoms with E-state index in [0.29, 0.717) is 18.2 Å². The molecule has 0 saturated carbocycles. The lowest BCUT2D eigenvalue weighted by Gasteiger charge is -2.40. The van der Waals surface area contributed by atoms with E-state index in [2.05, 4.69) is 14.8 Å². The predicted molar refractivity (Wildman–Crippen MR) is 84.1 cm³/mol. The Kier molecular flexibility index (Phi) is 3.51. The van der Waals surface area contributed by atoms with Gasteiger partial charge in [-0.3, -0.25) is 0 Å². The van der Waals surface area contributed by atoms with Gasteiger partial charge >= 0.3 is 6.09 Å². The Morgan fingerprint density at radius 1 is 1.32 bits per heavy atom. The van der Waals surface area contributed by atoms with Crippen LogP contribution in [0.25, 0.3) is 11.0 Å². The smallest absolute Gasteiger partial charge is 0.410 e. The Morgan fingerprint density at radius 2 is 2.00 bits per heavy atom. The topological polar surface area (TPSA) is 60.2 Å². The van der Waals surface area contributed by atoms with E-state index in [9.17, 15) is 4.79 Å². The molecule has 0 spiro atoms. The fourth-order valence-corrected chi connectivity index (χ4v) is 2.79. The summed E-state index contributed by atoms with van der Waals surface area (Å²) in [5.41, 5.74) is 2.43. The van der Waals surface area contributed by atoms with Crippen LogP contribution >= 0.6 is 11.6 Å². The van der Waals surface area contributed by atoms with Crippen molar-refractivity contribution in [2.45, 2.75) is 32.3 Å². The number of hydrogen-bond acceptors (Lipinski definition) is 4. The van der Waals surface area contributed by atoms with E-state index in [1.54, 1.807) is 11.0 Å². The van der Waals surface area contributed by atoms with Crippen LogP contribution in [-0.2, 0) is 11.8 Å². The molecule has 1 saturated heterocycles. The molecule has 7 heteroatoms. The van der Waals surface area contributed by atoms with Gasteiger partial charge in [-0.05, 0) is 26.8 Å². The molecular formula is C15H19ClN4O2. The third-order valence-corrected chi connectivity index (χ3v) is 3.94. The van der Waals surface area contributed by atoms with Gasteiger partial charge in [0.15, 0.2) is 5.15 Å². The molecule has 3 rings (SSSR count). The van der Waals surface area contributed by atoms with Crippen molar-refractivity contribution in [2.24, 2.45) is 7.05 Å². The first-order chi connectivity index (χ1) is 10.2. The van der Waals surface area contributed by atoms with Crippen molar-refractivity contribution in [3.63, 3.8) is 0 Å². The zero-order valence-electron chi connectivity index (χ0n) is 13.1. The van der Waals surface area contributed by atoms with Gasteiger partial charge < -0.3 is 14.2 Å². The molecule has 22 heavy (non-hydrogen) atoms. The minimum Gasteiger partial charge on any atom is -0.444 e. The van der Waals surface area contributed by atoms with Gasteiger partial charge in [0.2, 0.25) is 0 Å². The van der Waals surface area contributed by atoms with E-state index >= 15 is 0 Å². The summed E-state index contributed by atoms with van der Waals surface area (Å²) >= 11 is 5.90. The molecule has 3 heterocycles. The molecule has 6 nitrogen and oxygen atoms in total. The van der Waals surface area contributed by atoms with E-state index < -0.39 is 5.60 Å². The highest BCUT2D eigenvalue weighted by Gasteiger charge is 2.36. The normalized spacial score (nSPS) is 16.0. The van der Waals surface area contributed by atoms with Gasteiger partial charge in [-0.1, -0.05) is 11.6 Å². The highest BCUT2D eigenvalue weighted by molar-refractivity contribution is 6.29. The van der Waals surface area contributed by atoms with Crippen LogP contribution in [0.1, 0.15) is 32.4 Å². The average molecular weight is 323 g/mol. The van der Waals surface area contributed by atoms with E-state index in [1.807, 2.05) is 33.9 Å². The molecule has 2 aromatic heterocycles. The van der Waals surface area contributed by atoms with Crippen LogP contribution < -0.4 is 0 Å². The lowest BCUT2D eigenvalue weighted by atomic mass is 9.97. The monoisotopic (exact) mass is 322 g/mol. The molecule has 0 unspecified atom stereocenters. The molecule has 0 atom stereocenters. The van der Waals surface area contributed by atoms with Crippen molar-refractivity contribution in [2.75, 3.05) is 13.1 Å². The highest BCUT2D eigenvalue weighted by Crippen LogP contribution is 2.31. The van der Waals surface area contributed by atoms with Crippen molar-refractivity contribution in [3.8, 4) is 0 Å². The number of carbonyl (C=O) groups excluding carboxylic acids is 1. The summed E-state index contributed by atoms with van der Waals surface area (Å²) in [7, 11) is 1.98. The van der Waals surface area contributed by atoms with Crippen LogP contribution in [0.4, 0.5) is 4.79 Å². The van der Waals surface area contributed by atoms with E-state index in [0.717, 1.165) is 16.7 Å². The molecule has 118 valence electrons. The van der Waals surface area contributed by atoms with Crippen molar-refractivity contribution in [1.29, 1.82) is 0 Å². The Hall–Kier alpha value is -1.82. The van der Waals surface area contributed by atoms with Gasteiger partial charge in [0.25, 0.3) is 0 Å². The van der Waals surface area contributed by atoms with Crippen LogP contribution in [0.5, 0.6) is 0 Å². The first kappa shape index (κ1) is 15.1. The van der Waals surface area contributed by atoms with Gasteiger partial charge in [-0.2, -0.15) is 0 Å². The van der Waals surface area contributed by atoms with Crippen molar-refractivity contribution in [3.05, 3.63) is 23.0 Å². The number of carbonyl (C=O) groups is 1. The second-order valence-corrected chi connectivity index (χ2v) is 7.04. The van der Waals surface area contributed by atoms with Gasteiger partial charge in [-0.15, -0.1) is 10.2 Å². The summed E-state index contributed by atoms with van der Waals surface area (Å²) in [6.07, 6.45) is -0.259. The molecule has 1 aliphatic rings. The number of likely N-dealkylation sites (tertiary alicyclic amines) is 1. The summed E-state index contributed by atoms with van der Waals surface area (Å²) in [6.45, 7) is 6.91. The minimum atomic E-state index is -0.464. The lowest BCUT2D eigenvalue weighted by Crippen LogP contribution is -2.50. The molecule has 0 aliphatic carbocycles. The van der Waals surface area contributed by atoms with Crippen molar-refractivity contribution < 1.29 is 9.53 Å². The second kappa shape index (κ2) is 5.12. The number of halogens is 1. The number of aryl methyl sites for hydroxylation is 1. The molecule has 0 N–H and O–H groups in total. The summed E-state index contributed by atoms with van der Waals surface area (Å²) in [5, 5.41) is 8.34. The second-order valence-electron chi connectivity index (χ2n) is 6.65. The number of hydrogen-bond donors (Lipinski definition) is 0. The SMILES string of the molecule is Cn1c(C2CN(C(=O)OC(C)(C)C)C2)cc2nnc(Cl)cc21. The summed E-state index contributed by atoms with van der Waals surface area (Å²) in [6, 6.07) is 3.81. The zero-order chi connectivity index (χ0) is 16.1. The fourth-order valence-electron chi connectivity index (χ4n) is 2.65. The molecule has 1 amide bonds. The van der Waals surface area contributed by atoms with Crippen LogP contribution in [0.2, 0.25) is 5.15 Å². The van der Waals surface area contributed by atoms with E-state index in [-0.39, 0.29) is 12.0 Å². The summed E-state index contributed by atoms with van der Waals surface area (Å²) in [4.78, 5) is 13.7. The molecule has 1 fully saturated rings. The van der Waals surface area contributed by atoms with Gasteiger partial charge in [-0.25, -0.2) is 4.79 Å². The van der Waals surface area contributed by atoms with E-state index in [4.69, 9.17) is 16.3 Å². The molecule has 0 aromatic carbocycles. The van der Waals surface area contributed by atoms with Crippen LogP contribution in [0.3, 0.4) is 0 Å². The van der Waals surface area contributed by atoms with Crippen molar-refractivity contribution >= 4 is 28.7 Å². The third kappa shape index (κ3) is 2.75. The molecular weight excluding hydrogens is 304 g/mol. The van der Waals surface area contributed by atoms with Crippen LogP contribution in [0, 0.1) is 0 Å². The Balaban J connectivity index is 1.73. The summed E-state index contributed by atoms with van der Waals surface area (Å²) < 4.78 is 7.43. The Morgan fingerprint density at radius 3 is 2.64 bits per heavy atom. The highest BCUT2D eigenvalue weighted by atomic mass is 35.5. The van der Waals surface area contributed by atoms with Gasteiger partial charge in [0.1, 0.15) is 11.1 Å². The number of rotatable bonds is 1. The number of fused-ring (bicyclic) bond motifs is 1. The fraction of sp³-hybridized carbons (Fsp3) is 0.533. The Labute approximate surface area is 134 Å². The van der Waals surface area contributed by atoms with Crippen LogP contribution in [-0.4, -0.2) is 44.4 Å².